The molecule has 1 saturated carbocycles. The van der Waals surface area contributed by atoms with E-state index in [1.54, 1.807) is 23.0 Å². The maximum Gasteiger partial charge on any atom is 0.255 e. The molecule has 1 aliphatic carbocycles. The van der Waals surface area contributed by atoms with Crippen molar-refractivity contribution in [3.05, 3.63) is 40.3 Å². The molecule has 0 aromatic carbocycles. The molecule has 2 aromatic rings. The number of aryl methyl sites for hydroxylation is 2. The van der Waals surface area contributed by atoms with Crippen LogP contribution in [0.25, 0.3) is 0 Å². The molecule has 134 valence electrons. The van der Waals surface area contributed by atoms with E-state index >= 15 is 0 Å². The first-order valence-electron chi connectivity index (χ1n) is 8.53. The Kier molecular flexibility index (Phi) is 5.27. The van der Waals surface area contributed by atoms with Crippen LogP contribution in [-0.4, -0.2) is 32.8 Å². The summed E-state index contributed by atoms with van der Waals surface area (Å²) < 4.78 is 7.64. The average Bonchev–Trinajstić information content (AvgIpc) is 2.84. The van der Waals surface area contributed by atoms with Crippen molar-refractivity contribution in [2.24, 2.45) is 7.05 Å². The van der Waals surface area contributed by atoms with Crippen LogP contribution < -0.4 is 10.1 Å². The zero-order chi connectivity index (χ0) is 18.0. The Morgan fingerprint density at radius 1 is 1.28 bits per heavy atom. The Morgan fingerprint density at radius 2 is 2.00 bits per heavy atom. The first kappa shape index (κ1) is 17.7. The Hall–Kier alpha value is -2.08. The second-order valence-electron chi connectivity index (χ2n) is 6.55. The molecule has 2 heterocycles. The Balaban J connectivity index is 1.52. The highest BCUT2D eigenvalue weighted by Gasteiger charge is 2.26. The van der Waals surface area contributed by atoms with Crippen LogP contribution in [0, 0.1) is 13.8 Å². The van der Waals surface area contributed by atoms with Gasteiger partial charge in [0.15, 0.2) is 0 Å². The standard InChI is InChI=1S/C18H23ClN4O2/c1-11-17(12(2)23(3)22-11)18(24)21-14-5-7-15(8-6-14)25-16-9-4-13(19)10-20-16/h4,9-10,14-15H,5-8H2,1-3H3,(H,21,24). The zero-order valence-electron chi connectivity index (χ0n) is 14.8. The van der Waals surface area contributed by atoms with Gasteiger partial charge in [-0.15, -0.1) is 0 Å². The molecule has 0 bridgehead atoms. The molecular formula is C18H23ClN4O2. The molecule has 3 rings (SSSR count). The van der Waals surface area contributed by atoms with Gasteiger partial charge in [-0.2, -0.15) is 5.10 Å². The molecule has 1 amide bonds. The lowest BCUT2D eigenvalue weighted by atomic mass is 9.92. The number of amides is 1. The average molecular weight is 363 g/mol. The van der Waals surface area contributed by atoms with E-state index in [0.29, 0.717) is 16.5 Å². The van der Waals surface area contributed by atoms with E-state index in [0.717, 1.165) is 37.1 Å². The van der Waals surface area contributed by atoms with Gasteiger partial charge in [-0.25, -0.2) is 4.98 Å². The number of aromatic nitrogens is 3. The van der Waals surface area contributed by atoms with Crippen LogP contribution in [-0.2, 0) is 7.05 Å². The quantitative estimate of drug-likeness (QED) is 0.906. The van der Waals surface area contributed by atoms with Crippen LogP contribution in [0.2, 0.25) is 5.02 Å². The first-order valence-corrected chi connectivity index (χ1v) is 8.91. The molecule has 0 aliphatic heterocycles. The van der Waals surface area contributed by atoms with Crippen LogP contribution >= 0.6 is 11.6 Å². The Labute approximate surface area is 152 Å². The lowest BCUT2D eigenvalue weighted by Crippen LogP contribution is -2.40. The summed E-state index contributed by atoms with van der Waals surface area (Å²) in [6.45, 7) is 3.78. The third-order valence-electron chi connectivity index (χ3n) is 4.73. The van der Waals surface area contributed by atoms with Gasteiger partial charge in [0.05, 0.1) is 16.3 Å². The highest BCUT2D eigenvalue weighted by molar-refractivity contribution is 6.30. The van der Waals surface area contributed by atoms with Crippen molar-refractivity contribution in [2.75, 3.05) is 0 Å². The molecule has 0 atom stereocenters. The van der Waals surface area contributed by atoms with Gasteiger partial charge in [0.1, 0.15) is 6.10 Å². The fourth-order valence-electron chi connectivity index (χ4n) is 3.29. The molecule has 0 saturated heterocycles. The van der Waals surface area contributed by atoms with Crippen molar-refractivity contribution in [3.8, 4) is 5.88 Å². The van der Waals surface area contributed by atoms with Crippen molar-refractivity contribution < 1.29 is 9.53 Å². The lowest BCUT2D eigenvalue weighted by molar-refractivity contribution is 0.0889. The normalized spacial score (nSPS) is 20.3. The van der Waals surface area contributed by atoms with Gasteiger partial charge in [0, 0.05) is 31.0 Å². The monoisotopic (exact) mass is 362 g/mol. The highest BCUT2D eigenvalue weighted by atomic mass is 35.5. The van der Waals surface area contributed by atoms with E-state index in [2.05, 4.69) is 15.4 Å². The van der Waals surface area contributed by atoms with E-state index in [-0.39, 0.29) is 18.1 Å². The molecule has 6 nitrogen and oxygen atoms in total. The number of pyridine rings is 1. The summed E-state index contributed by atoms with van der Waals surface area (Å²) in [5, 5.41) is 8.05. The van der Waals surface area contributed by atoms with Crippen LogP contribution in [0.4, 0.5) is 0 Å². The third kappa shape index (κ3) is 4.12. The summed E-state index contributed by atoms with van der Waals surface area (Å²) in [5.74, 6) is 0.560. The number of hydrogen-bond donors (Lipinski definition) is 1. The smallest absolute Gasteiger partial charge is 0.255 e. The molecule has 0 unspecified atom stereocenters. The maximum atomic E-state index is 12.6. The maximum absolute atomic E-state index is 12.6. The summed E-state index contributed by atoms with van der Waals surface area (Å²) in [5.41, 5.74) is 2.34. The van der Waals surface area contributed by atoms with E-state index < -0.39 is 0 Å². The number of rotatable bonds is 4. The van der Waals surface area contributed by atoms with E-state index in [9.17, 15) is 4.79 Å². The van der Waals surface area contributed by atoms with Crippen LogP contribution in [0.3, 0.4) is 0 Å². The predicted octanol–water partition coefficient (Wildman–Crippen LogP) is 3.21. The zero-order valence-corrected chi connectivity index (χ0v) is 15.5. The number of carbonyl (C=O) groups is 1. The van der Waals surface area contributed by atoms with Crippen LogP contribution in [0.1, 0.15) is 47.4 Å². The predicted molar refractivity (Wildman–Crippen MR) is 96.1 cm³/mol. The molecular weight excluding hydrogens is 340 g/mol. The molecule has 1 aliphatic rings. The minimum Gasteiger partial charge on any atom is -0.474 e. The molecule has 1 fully saturated rings. The Morgan fingerprint density at radius 3 is 2.56 bits per heavy atom. The summed E-state index contributed by atoms with van der Waals surface area (Å²) in [6.07, 6.45) is 5.27. The molecule has 1 N–H and O–H groups in total. The van der Waals surface area contributed by atoms with Gasteiger partial charge in [-0.05, 0) is 45.6 Å². The van der Waals surface area contributed by atoms with Gasteiger partial charge in [0.25, 0.3) is 5.91 Å². The number of carbonyl (C=O) groups excluding carboxylic acids is 1. The topological polar surface area (TPSA) is 69.0 Å². The van der Waals surface area contributed by atoms with Crippen molar-refractivity contribution in [3.63, 3.8) is 0 Å². The van der Waals surface area contributed by atoms with Gasteiger partial charge in [-0.1, -0.05) is 11.6 Å². The minimum atomic E-state index is -0.0353. The number of hydrogen-bond acceptors (Lipinski definition) is 4. The van der Waals surface area contributed by atoms with Crippen LogP contribution in [0.15, 0.2) is 18.3 Å². The number of halogens is 1. The minimum absolute atomic E-state index is 0.0353. The summed E-state index contributed by atoms with van der Waals surface area (Å²) in [6, 6.07) is 3.72. The molecule has 0 spiro atoms. The molecule has 25 heavy (non-hydrogen) atoms. The largest absolute Gasteiger partial charge is 0.474 e. The second-order valence-corrected chi connectivity index (χ2v) is 6.99. The molecule has 7 heteroatoms. The van der Waals surface area contributed by atoms with Gasteiger partial charge in [0.2, 0.25) is 5.88 Å². The van der Waals surface area contributed by atoms with Crippen LogP contribution in [0.5, 0.6) is 5.88 Å². The van der Waals surface area contributed by atoms with Crippen molar-refractivity contribution >= 4 is 17.5 Å². The van der Waals surface area contributed by atoms with Crippen molar-refractivity contribution in [1.82, 2.24) is 20.1 Å². The summed E-state index contributed by atoms with van der Waals surface area (Å²) >= 11 is 5.83. The van der Waals surface area contributed by atoms with Crippen molar-refractivity contribution in [1.29, 1.82) is 0 Å². The highest BCUT2D eigenvalue weighted by Crippen LogP contribution is 2.24. The van der Waals surface area contributed by atoms with Crippen molar-refractivity contribution in [2.45, 2.75) is 51.7 Å². The van der Waals surface area contributed by atoms with Gasteiger partial charge >= 0.3 is 0 Å². The number of nitrogens with one attached hydrogen (secondary N) is 1. The summed E-state index contributed by atoms with van der Waals surface area (Å²) in [7, 11) is 1.85. The van der Waals surface area contributed by atoms with Gasteiger partial charge in [-0.3, -0.25) is 9.48 Å². The Bertz CT molecular complexity index is 749. The van der Waals surface area contributed by atoms with E-state index in [1.165, 1.54) is 0 Å². The first-order chi connectivity index (χ1) is 11.9. The van der Waals surface area contributed by atoms with Gasteiger partial charge < -0.3 is 10.1 Å². The molecule has 0 radical (unpaired) electrons. The molecule has 2 aromatic heterocycles. The van der Waals surface area contributed by atoms with E-state index in [4.69, 9.17) is 16.3 Å². The number of ether oxygens (including phenoxy) is 1. The fourth-order valence-corrected chi connectivity index (χ4v) is 3.40. The number of nitrogens with zero attached hydrogens (tertiary/aromatic N) is 3. The fraction of sp³-hybridized carbons (Fsp3) is 0.500. The summed E-state index contributed by atoms with van der Waals surface area (Å²) in [4.78, 5) is 16.7. The lowest BCUT2D eigenvalue weighted by Gasteiger charge is -2.29. The van der Waals surface area contributed by atoms with E-state index in [1.807, 2.05) is 20.9 Å². The third-order valence-corrected chi connectivity index (χ3v) is 4.96. The second kappa shape index (κ2) is 7.44. The SMILES string of the molecule is Cc1nn(C)c(C)c1C(=O)NC1CCC(Oc2ccc(Cl)cn2)CC1.